The predicted octanol–water partition coefficient (Wildman–Crippen LogP) is 4.06. The number of pyridine rings is 1. The standard InChI is InChI=1S/C27H23NO5/c1-32-25-12-6-7-16-13-20(23(29)14-19(16)25)24(30)15-33-27(31)26-17-8-2-4-10-21(17)28-22-11-5-3-9-18(22)26/h2,4,6-8,10,12-13H,3,5,9,11,14-15H2,1H3. The summed E-state index contributed by atoms with van der Waals surface area (Å²) in [4.78, 5) is 43.4. The Morgan fingerprint density at radius 1 is 1.00 bits per heavy atom. The molecule has 0 saturated heterocycles. The first-order valence-corrected chi connectivity index (χ1v) is 11.1. The zero-order chi connectivity index (χ0) is 22.9. The van der Waals surface area contributed by atoms with Gasteiger partial charge in [0.05, 0.1) is 23.8 Å². The van der Waals surface area contributed by atoms with Crippen molar-refractivity contribution in [3.63, 3.8) is 0 Å². The van der Waals surface area contributed by atoms with Crippen molar-refractivity contribution in [1.29, 1.82) is 0 Å². The molecule has 0 radical (unpaired) electrons. The van der Waals surface area contributed by atoms with Crippen LogP contribution in [0.4, 0.5) is 0 Å². The van der Waals surface area contributed by atoms with E-state index in [4.69, 9.17) is 14.5 Å². The number of ketones is 2. The summed E-state index contributed by atoms with van der Waals surface area (Å²) in [7, 11) is 1.55. The molecular formula is C27H23NO5. The molecule has 3 aromatic rings. The van der Waals surface area contributed by atoms with Crippen molar-refractivity contribution in [1.82, 2.24) is 4.98 Å². The number of carbonyl (C=O) groups excluding carboxylic acids is 3. The van der Waals surface area contributed by atoms with Gasteiger partial charge in [-0.1, -0.05) is 30.3 Å². The van der Waals surface area contributed by atoms with Gasteiger partial charge in [-0.3, -0.25) is 14.6 Å². The second-order valence-electron chi connectivity index (χ2n) is 8.32. The molecule has 33 heavy (non-hydrogen) atoms. The van der Waals surface area contributed by atoms with E-state index in [1.807, 2.05) is 36.4 Å². The van der Waals surface area contributed by atoms with Gasteiger partial charge in [0, 0.05) is 23.1 Å². The molecule has 6 heteroatoms. The number of aromatic nitrogens is 1. The van der Waals surface area contributed by atoms with Gasteiger partial charge in [0.2, 0.25) is 5.78 Å². The van der Waals surface area contributed by atoms with Gasteiger partial charge >= 0.3 is 5.97 Å². The first-order valence-electron chi connectivity index (χ1n) is 11.1. The van der Waals surface area contributed by atoms with Crippen LogP contribution in [0.25, 0.3) is 17.0 Å². The summed E-state index contributed by atoms with van der Waals surface area (Å²) in [5.74, 6) is -0.746. The van der Waals surface area contributed by atoms with Crippen LogP contribution in [-0.4, -0.2) is 36.2 Å². The molecule has 166 valence electrons. The third-order valence-corrected chi connectivity index (χ3v) is 6.33. The fourth-order valence-corrected chi connectivity index (χ4v) is 4.71. The molecule has 0 aliphatic heterocycles. The number of para-hydroxylation sites is 1. The molecule has 0 unspecified atom stereocenters. The summed E-state index contributed by atoms with van der Waals surface area (Å²) in [6, 6.07) is 12.9. The van der Waals surface area contributed by atoms with Crippen LogP contribution in [0.1, 0.15) is 45.6 Å². The minimum Gasteiger partial charge on any atom is -0.496 e. The van der Waals surface area contributed by atoms with Crippen LogP contribution < -0.4 is 4.74 Å². The lowest BCUT2D eigenvalue weighted by molar-refractivity contribution is -0.123. The SMILES string of the molecule is COc1cccc2c1CC(=O)C(C(=O)COC(=O)c1c3c(nc4ccccc14)CCCC3)=C2. The molecule has 2 aromatic carbocycles. The fourth-order valence-electron chi connectivity index (χ4n) is 4.71. The molecule has 5 rings (SSSR count). The van der Waals surface area contributed by atoms with Gasteiger partial charge in [-0.05, 0) is 55.0 Å². The molecule has 0 amide bonds. The van der Waals surface area contributed by atoms with Crippen molar-refractivity contribution in [2.24, 2.45) is 0 Å². The number of methoxy groups -OCH3 is 1. The van der Waals surface area contributed by atoms with E-state index in [1.54, 1.807) is 19.3 Å². The largest absolute Gasteiger partial charge is 0.496 e. The monoisotopic (exact) mass is 441 g/mol. The zero-order valence-electron chi connectivity index (χ0n) is 18.3. The Balaban J connectivity index is 1.41. The lowest BCUT2D eigenvalue weighted by Crippen LogP contribution is -2.24. The zero-order valence-corrected chi connectivity index (χ0v) is 18.3. The number of hydrogen-bond donors (Lipinski definition) is 0. The summed E-state index contributed by atoms with van der Waals surface area (Å²) < 4.78 is 10.8. The predicted molar refractivity (Wildman–Crippen MR) is 123 cm³/mol. The maximum Gasteiger partial charge on any atom is 0.339 e. The molecule has 0 atom stereocenters. The molecule has 2 aliphatic carbocycles. The van der Waals surface area contributed by atoms with Gasteiger partial charge in [0.1, 0.15) is 5.75 Å². The van der Waals surface area contributed by atoms with Gasteiger partial charge < -0.3 is 9.47 Å². The van der Waals surface area contributed by atoms with Crippen molar-refractivity contribution in [2.75, 3.05) is 13.7 Å². The summed E-state index contributed by atoms with van der Waals surface area (Å²) in [5.41, 5.74) is 4.63. The van der Waals surface area contributed by atoms with Gasteiger partial charge in [0.25, 0.3) is 0 Å². The Kier molecular flexibility index (Phi) is 5.50. The van der Waals surface area contributed by atoms with Crippen LogP contribution in [0, 0.1) is 0 Å². The fraction of sp³-hybridized carbons (Fsp3) is 0.259. The van der Waals surface area contributed by atoms with Crippen LogP contribution >= 0.6 is 0 Å². The number of hydrogen-bond acceptors (Lipinski definition) is 6. The maximum absolute atomic E-state index is 13.2. The van der Waals surface area contributed by atoms with Crippen molar-refractivity contribution in [3.8, 4) is 5.75 Å². The highest BCUT2D eigenvalue weighted by molar-refractivity contribution is 6.25. The molecule has 1 aromatic heterocycles. The normalized spacial score (nSPS) is 14.8. The number of benzene rings is 2. The Hall–Kier alpha value is -3.80. The third kappa shape index (κ3) is 3.82. The van der Waals surface area contributed by atoms with E-state index in [0.717, 1.165) is 59.0 Å². The van der Waals surface area contributed by atoms with E-state index in [2.05, 4.69) is 0 Å². The van der Waals surface area contributed by atoms with Gasteiger partial charge in [-0.15, -0.1) is 0 Å². The molecule has 0 N–H and O–H groups in total. The number of carbonyl (C=O) groups is 3. The first-order chi connectivity index (χ1) is 16.1. The minimum atomic E-state index is -0.550. The number of ether oxygens (including phenoxy) is 2. The highest BCUT2D eigenvalue weighted by Gasteiger charge is 2.28. The molecule has 1 heterocycles. The van der Waals surface area contributed by atoms with Crippen LogP contribution in [0.2, 0.25) is 0 Å². The van der Waals surface area contributed by atoms with E-state index in [-0.39, 0.29) is 17.8 Å². The Morgan fingerprint density at radius 3 is 2.67 bits per heavy atom. The smallest absolute Gasteiger partial charge is 0.339 e. The second kappa shape index (κ2) is 8.62. The minimum absolute atomic E-state index is 0.0465. The lowest BCUT2D eigenvalue weighted by atomic mass is 9.88. The molecule has 6 nitrogen and oxygen atoms in total. The Morgan fingerprint density at radius 2 is 1.82 bits per heavy atom. The molecule has 0 bridgehead atoms. The topological polar surface area (TPSA) is 82.6 Å². The average molecular weight is 441 g/mol. The Labute approximate surface area is 191 Å². The highest BCUT2D eigenvalue weighted by Crippen LogP contribution is 2.31. The second-order valence-corrected chi connectivity index (χ2v) is 8.32. The van der Waals surface area contributed by atoms with Crippen molar-refractivity contribution < 1.29 is 23.9 Å². The van der Waals surface area contributed by atoms with Crippen LogP contribution in [0.5, 0.6) is 5.75 Å². The third-order valence-electron chi connectivity index (χ3n) is 6.33. The van der Waals surface area contributed by atoms with Crippen molar-refractivity contribution >= 4 is 34.5 Å². The average Bonchev–Trinajstić information content (AvgIpc) is 2.84. The molecule has 2 aliphatic rings. The summed E-state index contributed by atoms with van der Waals surface area (Å²) in [5, 5.41) is 0.726. The van der Waals surface area contributed by atoms with E-state index >= 15 is 0 Å². The number of aryl methyl sites for hydroxylation is 1. The van der Waals surface area contributed by atoms with E-state index in [1.165, 1.54) is 0 Å². The van der Waals surface area contributed by atoms with Crippen LogP contribution in [0.15, 0.2) is 48.0 Å². The number of esters is 1. The molecule has 0 saturated carbocycles. The van der Waals surface area contributed by atoms with Gasteiger partial charge in [-0.25, -0.2) is 4.79 Å². The van der Waals surface area contributed by atoms with Gasteiger partial charge in [-0.2, -0.15) is 0 Å². The number of Topliss-reactive ketones (excluding diaryl/α,β-unsaturated/α-hetero) is 2. The molecular weight excluding hydrogens is 418 g/mol. The quantitative estimate of drug-likeness (QED) is 0.439. The van der Waals surface area contributed by atoms with E-state index in [0.29, 0.717) is 11.3 Å². The highest BCUT2D eigenvalue weighted by atomic mass is 16.5. The summed E-state index contributed by atoms with van der Waals surface area (Å²) in [6.45, 7) is -0.485. The van der Waals surface area contributed by atoms with Crippen LogP contribution in [0.3, 0.4) is 0 Å². The maximum atomic E-state index is 13.2. The number of rotatable bonds is 5. The Bertz CT molecular complexity index is 1340. The van der Waals surface area contributed by atoms with E-state index < -0.39 is 18.4 Å². The van der Waals surface area contributed by atoms with Crippen molar-refractivity contribution in [2.45, 2.75) is 32.1 Å². The molecule has 0 spiro atoms. The number of nitrogens with zero attached hydrogens (tertiary/aromatic N) is 1. The summed E-state index contributed by atoms with van der Waals surface area (Å²) >= 11 is 0. The van der Waals surface area contributed by atoms with Gasteiger partial charge in [0.15, 0.2) is 12.4 Å². The number of fused-ring (bicyclic) bond motifs is 3. The lowest BCUT2D eigenvalue weighted by Gasteiger charge is -2.20. The van der Waals surface area contributed by atoms with E-state index in [9.17, 15) is 14.4 Å². The molecule has 0 fully saturated rings. The van der Waals surface area contributed by atoms with Crippen molar-refractivity contribution in [3.05, 3.63) is 76.0 Å². The van der Waals surface area contributed by atoms with Crippen LogP contribution in [-0.2, 0) is 33.6 Å². The summed E-state index contributed by atoms with van der Waals surface area (Å²) in [6.07, 6.45) is 5.23. The first kappa shape index (κ1) is 21.1.